The van der Waals surface area contributed by atoms with Crippen LogP contribution in [0.25, 0.3) is 0 Å². The van der Waals surface area contributed by atoms with Crippen molar-refractivity contribution in [2.45, 2.75) is 101 Å². The van der Waals surface area contributed by atoms with Crippen LogP contribution in [-0.2, 0) is 31.1 Å². The zero-order valence-corrected chi connectivity index (χ0v) is 41.3. The molecule has 16 heteroatoms. The van der Waals surface area contributed by atoms with E-state index in [4.69, 9.17) is 32.7 Å². The van der Waals surface area contributed by atoms with Crippen LogP contribution in [0, 0.1) is 23.1 Å². The van der Waals surface area contributed by atoms with Gasteiger partial charge in [-0.05, 0) is 90.3 Å². The molecule has 0 radical (unpaired) electrons. The minimum atomic E-state index is -0.849. The number of carbonyl (C=O) groups is 4. The molecule has 4 fully saturated rings. The Labute approximate surface area is 418 Å². The van der Waals surface area contributed by atoms with E-state index in [9.17, 15) is 19.2 Å². The molecular formula is C54H58Cl2FN7O6. The minimum absolute atomic E-state index is 0.00181. The number of rotatable bonds is 8. The minimum Gasteiger partial charge on any atom is -0.494 e. The first kappa shape index (κ1) is 48.0. The number of imide groups is 1. The lowest BCUT2D eigenvalue weighted by molar-refractivity contribution is -0.137. The van der Waals surface area contributed by atoms with Crippen molar-refractivity contribution < 1.29 is 33.0 Å². The highest BCUT2D eigenvalue weighted by Gasteiger charge is 2.61. The molecule has 0 aromatic heterocycles. The van der Waals surface area contributed by atoms with Gasteiger partial charge in [-0.25, -0.2) is 4.39 Å². The molecular weight excluding hydrogens is 933 g/mol. The molecule has 4 saturated heterocycles. The Morgan fingerprint density at radius 1 is 1.03 bits per heavy atom. The Bertz CT molecular complexity index is 2830. The summed E-state index contributed by atoms with van der Waals surface area (Å²) >= 11 is 13.0. The summed E-state index contributed by atoms with van der Waals surface area (Å²) in [6.07, 6.45) is 3.11. The number of carbonyl (C=O) groups excluding carboxylic acids is 4. The van der Waals surface area contributed by atoms with E-state index < -0.39 is 35.1 Å². The number of methoxy groups -OCH3 is 1. The van der Waals surface area contributed by atoms with E-state index in [0.717, 1.165) is 54.0 Å². The fourth-order valence-corrected chi connectivity index (χ4v) is 12.3. The number of piperidine rings is 2. The van der Waals surface area contributed by atoms with Crippen molar-refractivity contribution in [1.29, 1.82) is 0 Å². The molecule has 4 amide bonds. The predicted molar refractivity (Wildman–Crippen MR) is 268 cm³/mol. The first-order valence-corrected chi connectivity index (χ1v) is 25.0. The molecule has 6 aliphatic heterocycles. The molecule has 6 heterocycles. The van der Waals surface area contributed by atoms with Gasteiger partial charge in [-0.2, -0.15) is 0 Å². The van der Waals surface area contributed by atoms with Crippen LogP contribution in [0.3, 0.4) is 0 Å². The lowest BCUT2D eigenvalue weighted by Crippen LogP contribution is -2.55. The molecule has 0 aliphatic carbocycles. The number of nitrogens with one attached hydrogen (secondary N) is 4. The maximum absolute atomic E-state index is 16.4. The molecule has 366 valence electrons. The summed E-state index contributed by atoms with van der Waals surface area (Å²) in [6, 6.07) is 20.3. The summed E-state index contributed by atoms with van der Waals surface area (Å²) in [6.45, 7) is 10.5. The van der Waals surface area contributed by atoms with E-state index in [0.29, 0.717) is 66.7 Å². The first-order valence-electron chi connectivity index (χ1n) is 24.2. The molecule has 3 unspecified atom stereocenters. The second kappa shape index (κ2) is 19.1. The quantitative estimate of drug-likeness (QED) is 0.104. The molecule has 10 rings (SSSR count). The lowest BCUT2D eigenvalue weighted by Gasteiger charge is -2.44. The Morgan fingerprint density at radius 2 is 1.86 bits per heavy atom. The van der Waals surface area contributed by atoms with Crippen molar-refractivity contribution >= 4 is 63.9 Å². The SMILES string of the molecule is COc1cc(N2CCCC(N3CCOCC3C#Cc3cccc4c3CN(C3CCC(=O)NC3=O)C4=O)C2)ccc1NC(=O)[C@@H]1N[C@@H](CC(C)(C)C)[C@@]2(CNc3cc(Cl)ccc32)[C@H]1c1cccc(Cl)c1F. The van der Waals surface area contributed by atoms with Gasteiger partial charge in [0.1, 0.15) is 17.6 Å². The molecule has 1 spiro atoms. The van der Waals surface area contributed by atoms with E-state index in [1.165, 1.54) is 6.07 Å². The number of nitrogens with zero attached hydrogens (tertiary/aromatic N) is 3. The van der Waals surface area contributed by atoms with Crippen molar-refractivity contribution in [3.8, 4) is 17.6 Å². The van der Waals surface area contributed by atoms with Gasteiger partial charge in [0.2, 0.25) is 17.7 Å². The van der Waals surface area contributed by atoms with Crippen LogP contribution in [0.4, 0.5) is 21.5 Å². The van der Waals surface area contributed by atoms with Crippen molar-refractivity contribution in [3.05, 3.63) is 116 Å². The van der Waals surface area contributed by atoms with Crippen molar-refractivity contribution in [3.63, 3.8) is 0 Å². The molecule has 0 bridgehead atoms. The van der Waals surface area contributed by atoms with Gasteiger partial charge in [-0.15, -0.1) is 0 Å². The molecule has 0 saturated carbocycles. The topological polar surface area (TPSA) is 145 Å². The molecule has 4 N–H and O–H groups in total. The summed E-state index contributed by atoms with van der Waals surface area (Å²) < 4.78 is 28.4. The van der Waals surface area contributed by atoms with Gasteiger partial charge in [0.15, 0.2) is 0 Å². The van der Waals surface area contributed by atoms with Gasteiger partial charge in [0.25, 0.3) is 5.91 Å². The normalized spacial score (nSPS) is 26.6. The summed E-state index contributed by atoms with van der Waals surface area (Å²) in [5, 5.41) is 13.5. The van der Waals surface area contributed by atoms with Crippen molar-refractivity contribution in [1.82, 2.24) is 20.4 Å². The van der Waals surface area contributed by atoms with E-state index >= 15 is 4.39 Å². The van der Waals surface area contributed by atoms with Crippen LogP contribution in [0.5, 0.6) is 5.75 Å². The number of hydrogen-bond acceptors (Lipinski definition) is 10. The molecule has 70 heavy (non-hydrogen) atoms. The van der Waals surface area contributed by atoms with Gasteiger partial charge in [0, 0.05) is 96.2 Å². The smallest absolute Gasteiger partial charge is 0.255 e. The maximum Gasteiger partial charge on any atom is 0.255 e. The molecule has 4 aromatic rings. The fourth-order valence-electron chi connectivity index (χ4n) is 12.0. The Hall–Kier alpha value is -5.69. The molecule has 7 atom stereocenters. The van der Waals surface area contributed by atoms with Crippen LogP contribution in [0.15, 0.2) is 72.8 Å². The summed E-state index contributed by atoms with van der Waals surface area (Å²) in [4.78, 5) is 59.3. The molecule has 6 aliphatic rings. The standard InChI is InChI=1S/C54H58Cl2FN7O6/c1-53(2,3)26-45-54(30-58-42-24-32(55)14-17-39(42)54)47(37-11-6-12-40(56)48(37)57)49(60-45)51(67)59-41-18-16-33(25-44(41)69-4)62-21-7-9-34(27-62)63-22-23-70-29-35(63)15-13-31-8-5-10-36-38(31)28-64(52(36)68)43-19-20-46(65)61-50(43)66/h5-6,8,10-12,14,16-18,24-25,34-35,43,45,47,49,58,60H,7,9,19-23,26-30H2,1-4H3,(H,59,67)(H,61,65,66)/t34?,35?,43?,45-,47-,49+,54-/m0/s1. The molecule has 13 nitrogen and oxygen atoms in total. The number of anilines is 3. The average molecular weight is 991 g/mol. The van der Waals surface area contributed by atoms with Crippen LogP contribution in [0.1, 0.15) is 91.4 Å². The van der Waals surface area contributed by atoms with Gasteiger partial charge >= 0.3 is 0 Å². The van der Waals surface area contributed by atoms with E-state index in [2.05, 4.69) is 63.7 Å². The van der Waals surface area contributed by atoms with Crippen LogP contribution < -0.4 is 30.9 Å². The number of amides is 4. The van der Waals surface area contributed by atoms with Crippen LogP contribution in [0.2, 0.25) is 10.0 Å². The monoisotopic (exact) mass is 989 g/mol. The first-order chi connectivity index (χ1) is 33.6. The summed E-state index contributed by atoms with van der Waals surface area (Å²) in [5.41, 5.74) is 4.86. The van der Waals surface area contributed by atoms with Crippen molar-refractivity contribution in [2.24, 2.45) is 5.41 Å². The third-order valence-electron chi connectivity index (χ3n) is 15.2. The predicted octanol–water partition coefficient (Wildman–Crippen LogP) is 7.49. The zero-order valence-electron chi connectivity index (χ0n) is 39.8. The number of hydrogen-bond donors (Lipinski definition) is 4. The summed E-state index contributed by atoms with van der Waals surface area (Å²) in [5.74, 6) is 4.88. The average Bonchev–Trinajstić information content (AvgIpc) is 3.99. The maximum atomic E-state index is 16.4. The molecule has 4 aromatic carbocycles. The van der Waals surface area contributed by atoms with Gasteiger partial charge in [-0.3, -0.25) is 29.4 Å². The third kappa shape index (κ3) is 8.89. The highest BCUT2D eigenvalue weighted by atomic mass is 35.5. The zero-order chi connectivity index (χ0) is 49.1. The number of morpholine rings is 1. The van der Waals surface area contributed by atoms with E-state index in [1.54, 1.807) is 30.2 Å². The third-order valence-corrected chi connectivity index (χ3v) is 15.7. The number of halogens is 3. The van der Waals surface area contributed by atoms with E-state index in [-0.39, 0.29) is 59.3 Å². The highest BCUT2D eigenvalue weighted by Crippen LogP contribution is 2.57. The summed E-state index contributed by atoms with van der Waals surface area (Å²) in [7, 11) is 1.59. The van der Waals surface area contributed by atoms with Crippen LogP contribution in [-0.4, -0.2) is 110 Å². The van der Waals surface area contributed by atoms with Gasteiger partial charge in [-0.1, -0.05) is 80.1 Å². The van der Waals surface area contributed by atoms with Gasteiger partial charge < -0.3 is 35.2 Å². The van der Waals surface area contributed by atoms with Crippen molar-refractivity contribution in [2.75, 3.05) is 62.0 Å². The lowest BCUT2D eigenvalue weighted by atomic mass is 9.63. The van der Waals surface area contributed by atoms with Crippen LogP contribution >= 0.6 is 23.2 Å². The largest absolute Gasteiger partial charge is 0.494 e. The number of ether oxygens (including phenoxy) is 2. The number of fused-ring (bicyclic) bond motifs is 3. The van der Waals surface area contributed by atoms with Gasteiger partial charge in [0.05, 0.1) is 43.1 Å². The second-order valence-electron chi connectivity index (χ2n) is 20.6. The second-order valence-corrected chi connectivity index (χ2v) is 21.5. The Balaban J connectivity index is 0.877. The number of benzene rings is 4. The Morgan fingerprint density at radius 3 is 2.66 bits per heavy atom. The Kier molecular flexibility index (Phi) is 13.1. The highest BCUT2D eigenvalue weighted by molar-refractivity contribution is 6.31. The fraction of sp³-hybridized carbons (Fsp3) is 0.444. The van der Waals surface area contributed by atoms with E-state index in [1.807, 2.05) is 48.5 Å².